The second-order valence-corrected chi connectivity index (χ2v) is 6.73. The molecule has 2 rings (SSSR count). The van der Waals surface area contributed by atoms with Gasteiger partial charge in [0.15, 0.2) is 0 Å². The molecular formula is C17H24N2O3S. The van der Waals surface area contributed by atoms with E-state index in [0.717, 1.165) is 17.7 Å². The Morgan fingerprint density at radius 3 is 2.96 bits per heavy atom. The molecule has 0 radical (unpaired) electrons. The van der Waals surface area contributed by atoms with Crippen LogP contribution >= 0.6 is 11.8 Å². The molecule has 1 aromatic carbocycles. The highest BCUT2D eigenvalue weighted by molar-refractivity contribution is 7.99. The lowest BCUT2D eigenvalue weighted by atomic mass is 10.1. The van der Waals surface area contributed by atoms with Crippen LogP contribution in [-0.2, 0) is 16.0 Å². The van der Waals surface area contributed by atoms with Gasteiger partial charge in [0.05, 0.1) is 19.4 Å². The summed E-state index contributed by atoms with van der Waals surface area (Å²) < 4.78 is 5.18. The van der Waals surface area contributed by atoms with Gasteiger partial charge >= 0.3 is 0 Å². The zero-order valence-corrected chi connectivity index (χ0v) is 14.7. The third-order valence-corrected chi connectivity index (χ3v) is 5.01. The monoisotopic (exact) mass is 336 g/mol. The van der Waals surface area contributed by atoms with Crippen molar-refractivity contribution < 1.29 is 14.3 Å². The summed E-state index contributed by atoms with van der Waals surface area (Å²) >= 11 is 1.62. The first-order chi connectivity index (χ1) is 11.0. The van der Waals surface area contributed by atoms with E-state index >= 15 is 0 Å². The Hall–Kier alpha value is -1.69. The Bertz CT molecular complexity index is 565. The fraction of sp³-hybridized carbons (Fsp3) is 0.529. The molecule has 0 bridgehead atoms. The minimum Gasteiger partial charge on any atom is -0.497 e. The summed E-state index contributed by atoms with van der Waals surface area (Å²) in [5, 5.41) is 2.97. The van der Waals surface area contributed by atoms with E-state index in [-0.39, 0.29) is 30.3 Å². The fourth-order valence-electron chi connectivity index (χ4n) is 2.41. The van der Waals surface area contributed by atoms with Crippen molar-refractivity contribution >= 4 is 23.6 Å². The molecular weight excluding hydrogens is 312 g/mol. The molecule has 0 aliphatic carbocycles. The second kappa shape index (κ2) is 8.24. The van der Waals surface area contributed by atoms with E-state index in [0.29, 0.717) is 11.6 Å². The van der Waals surface area contributed by atoms with Crippen LogP contribution in [0.25, 0.3) is 0 Å². The average Bonchev–Trinajstić information content (AvgIpc) is 3.04. The number of benzene rings is 1. The number of nitrogens with one attached hydrogen (secondary N) is 1. The van der Waals surface area contributed by atoms with E-state index in [4.69, 9.17) is 4.74 Å². The maximum Gasteiger partial charge on any atom is 0.243 e. The maximum atomic E-state index is 12.6. The Morgan fingerprint density at radius 2 is 2.26 bits per heavy atom. The van der Waals surface area contributed by atoms with Crippen LogP contribution in [0.4, 0.5) is 0 Å². The molecule has 1 heterocycles. The highest BCUT2D eigenvalue weighted by Crippen LogP contribution is 2.23. The quantitative estimate of drug-likeness (QED) is 0.864. The van der Waals surface area contributed by atoms with Crippen molar-refractivity contribution in [2.75, 3.05) is 18.7 Å². The molecule has 2 unspecified atom stereocenters. The maximum absolute atomic E-state index is 12.6. The molecule has 1 aliphatic heterocycles. The molecule has 5 nitrogen and oxygen atoms in total. The van der Waals surface area contributed by atoms with Crippen LogP contribution in [0.2, 0.25) is 0 Å². The van der Waals surface area contributed by atoms with Gasteiger partial charge in [-0.05, 0) is 31.0 Å². The molecule has 1 fully saturated rings. The Morgan fingerprint density at radius 1 is 1.48 bits per heavy atom. The van der Waals surface area contributed by atoms with Crippen molar-refractivity contribution in [1.82, 2.24) is 10.2 Å². The Labute approximate surface area is 141 Å². The number of rotatable bonds is 6. The van der Waals surface area contributed by atoms with E-state index in [9.17, 15) is 9.59 Å². The van der Waals surface area contributed by atoms with Crippen LogP contribution in [0.5, 0.6) is 5.75 Å². The molecule has 0 saturated carbocycles. The van der Waals surface area contributed by atoms with Gasteiger partial charge in [0, 0.05) is 11.8 Å². The van der Waals surface area contributed by atoms with Crippen LogP contribution < -0.4 is 10.1 Å². The molecule has 2 atom stereocenters. The molecule has 1 saturated heterocycles. The molecule has 0 spiro atoms. The van der Waals surface area contributed by atoms with Gasteiger partial charge in [0.2, 0.25) is 11.8 Å². The smallest absolute Gasteiger partial charge is 0.243 e. The Balaban J connectivity index is 2.01. The predicted molar refractivity (Wildman–Crippen MR) is 92.6 cm³/mol. The second-order valence-electron chi connectivity index (χ2n) is 5.73. The summed E-state index contributed by atoms with van der Waals surface area (Å²) in [5.41, 5.74) is 0.896. The fourth-order valence-corrected chi connectivity index (χ4v) is 3.59. The lowest BCUT2D eigenvalue weighted by Crippen LogP contribution is -2.49. The third kappa shape index (κ3) is 4.64. The largest absolute Gasteiger partial charge is 0.497 e. The minimum absolute atomic E-state index is 0.0208. The summed E-state index contributed by atoms with van der Waals surface area (Å²) in [6.07, 6.45) is 1.16. The number of hydrogen-bond donors (Lipinski definition) is 1. The third-order valence-electron chi connectivity index (χ3n) is 4.00. The van der Waals surface area contributed by atoms with Gasteiger partial charge in [-0.25, -0.2) is 0 Å². The lowest BCUT2D eigenvalue weighted by Gasteiger charge is -2.24. The summed E-state index contributed by atoms with van der Waals surface area (Å²) in [6.45, 7) is 4.00. The standard InChI is InChI=1S/C17H24N2O3S/c1-4-12(2)18-17(21)15-10-23-11-19(15)16(20)9-13-6-5-7-14(8-13)22-3/h5-8,12,15H,4,9-11H2,1-3H3,(H,18,21). The van der Waals surface area contributed by atoms with E-state index < -0.39 is 0 Å². The summed E-state index contributed by atoms with van der Waals surface area (Å²) in [5.74, 6) is 1.89. The molecule has 23 heavy (non-hydrogen) atoms. The van der Waals surface area contributed by atoms with E-state index in [1.807, 2.05) is 38.1 Å². The zero-order valence-electron chi connectivity index (χ0n) is 13.9. The summed E-state index contributed by atoms with van der Waals surface area (Å²) in [6, 6.07) is 7.23. The topological polar surface area (TPSA) is 58.6 Å². The van der Waals surface area contributed by atoms with Crippen LogP contribution in [0.3, 0.4) is 0 Å². The number of carbonyl (C=O) groups is 2. The number of hydrogen-bond acceptors (Lipinski definition) is 4. The number of methoxy groups -OCH3 is 1. The van der Waals surface area contributed by atoms with Gasteiger partial charge < -0.3 is 15.0 Å². The SMILES string of the molecule is CCC(C)NC(=O)C1CSCN1C(=O)Cc1cccc(OC)c1. The first-order valence-corrected chi connectivity index (χ1v) is 9.01. The molecule has 2 amide bonds. The van der Waals surface area contributed by atoms with Gasteiger partial charge in [-0.15, -0.1) is 11.8 Å². The van der Waals surface area contributed by atoms with Crippen LogP contribution in [0.1, 0.15) is 25.8 Å². The van der Waals surface area contributed by atoms with E-state index in [1.165, 1.54) is 0 Å². The molecule has 6 heteroatoms. The Kier molecular flexibility index (Phi) is 6.33. The zero-order chi connectivity index (χ0) is 16.8. The normalized spacial score (nSPS) is 18.6. The number of ether oxygens (including phenoxy) is 1. The van der Waals surface area contributed by atoms with Crippen LogP contribution in [0.15, 0.2) is 24.3 Å². The lowest BCUT2D eigenvalue weighted by molar-refractivity contribution is -0.137. The van der Waals surface area contributed by atoms with Crippen molar-refractivity contribution in [3.8, 4) is 5.75 Å². The average molecular weight is 336 g/mol. The highest BCUT2D eigenvalue weighted by atomic mass is 32.2. The molecule has 126 valence electrons. The van der Waals surface area contributed by atoms with E-state index in [2.05, 4.69) is 5.32 Å². The summed E-state index contributed by atoms with van der Waals surface area (Å²) in [7, 11) is 1.60. The van der Waals surface area contributed by atoms with Crippen LogP contribution in [0, 0.1) is 0 Å². The van der Waals surface area contributed by atoms with Crippen LogP contribution in [-0.4, -0.2) is 47.5 Å². The van der Waals surface area contributed by atoms with Gasteiger partial charge in [-0.1, -0.05) is 19.1 Å². The first kappa shape index (κ1) is 17.7. The van der Waals surface area contributed by atoms with Crippen molar-refractivity contribution in [3.63, 3.8) is 0 Å². The van der Waals surface area contributed by atoms with Gasteiger partial charge in [-0.2, -0.15) is 0 Å². The molecule has 0 aromatic heterocycles. The molecule has 1 aliphatic rings. The molecule has 1 N–H and O–H groups in total. The van der Waals surface area contributed by atoms with Crippen molar-refractivity contribution in [2.24, 2.45) is 0 Å². The number of carbonyl (C=O) groups excluding carboxylic acids is 2. The van der Waals surface area contributed by atoms with Gasteiger partial charge in [-0.3, -0.25) is 9.59 Å². The number of nitrogens with zero attached hydrogens (tertiary/aromatic N) is 1. The van der Waals surface area contributed by atoms with Crippen molar-refractivity contribution in [3.05, 3.63) is 29.8 Å². The van der Waals surface area contributed by atoms with Gasteiger partial charge in [0.25, 0.3) is 0 Å². The van der Waals surface area contributed by atoms with E-state index in [1.54, 1.807) is 23.8 Å². The summed E-state index contributed by atoms with van der Waals surface area (Å²) in [4.78, 5) is 26.6. The number of thioether (sulfide) groups is 1. The van der Waals surface area contributed by atoms with Gasteiger partial charge in [0.1, 0.15) is 11.8 Å². The number of amides is 2. The van der Waals surface area contributed by atoms with Crippen molar-refractivity contribution in [1.29, 1.82) is 0 Å². The van der Waals surface area contributed by atoms with Crippen molar-refractivity contribution in [2.45, 2.75) is 38.8 Å². The minimum atomic E-state index is -0.368. The predicted octanol–water partition coefficient (Wildman–Crippen LogP) is 2.05. The molecule has 1 aromatic rings. The highest BCUT2D eigenvalue weighted by Gasteiger charge is 2.34. The first-order valence-electron chi connectivity index (χ1n) is 7.85.